The summed E-state index contributed by atoms with van der Waals surface area (Å²) in [6.45, 7) is 3.41. The molecule has 2 nitrogen and oxygen atoms in total. The van der Waals surface area contributed by atoms with Gasteiger partial charge in [-0.2, -0.15) is 13.2 Å². The maximum Gasteiger partial charge on any atom is 0.392 e. The Hall–Kier alpha value is -1.00. The van der Waals surface area contributed by atoms with Crippen LogP contribution in [0.4, 0.5) is 13.2 Å². The molecule has 1 heterocycles. The lowest BCUT2D eigenvalue weighted by Crippen LogP contribution is -2.39. The lowest BCUT2D eigenvalue weighted by molar-refractivity contribution is -0.185. The van der Waals surface area contributed by atoms with E-state index in [4.69, 9.17) is 0 Å². The van der Waals surface area contributed by atoms with Crippen LogP contribution in [0.3, 0.4) is 0 Å². The lowest BCUT2D eigenvalue weighted by atomic mass is 9.94. The predicted octanol–water partition coefficient (Wildman–Crippen LogP) is 1.93. The highest BCUT2D eigenvalue weighted by Crippen LogP contribution is 2.37. The average molecular weight is 193 g/mol. The maximum absolute atomic E-state index is 12.2. The second kappa shape index (κ2) is 3.05. The third-order valence-corrected chi connectivity index (χ3v) is 2.21. The monoisotopic (exact) mass is 193 g/mol. The Morgan fingerprint density at radius 1 is 1.46 bits per heavy atom. The molecule has 1 unspecified atom stereocenters. The summed E-state index contributed by atoms with van der Waals surface area (Å²) in [6.07, 6.45) is -4.93. The van der Waals surface area contributed by atoms with Crippen LogP contribution in [-0.4, -0.2) is 24.0 Å². The first-order chi connectivity index (χ1) is 5.82. The van der Waals surface area contributed by atoms with E-state index in [0.29, 0.717) is 0 Å². The highest BCUT2D eigenvalue weighted by Gasteiger charge is 2.44. The summed E-state index contributed by atoms with van der Waals surface area (Å²) in [5.74, 6) is -2.07. The van der Waals surface area contributed by atoms with Crippen LogP contribution in [-0.2, 0) is 4.79 Å². The quantitative estimate of drug-likeness (QED) is 0.575. The molecule has 1 atom stereocenters. The minimum absolute atomic E-state index is 0.175. The van der Waals surface area contributed by atoms with Gasteiger partial charge in [0.1, 0.15) is 0 Å². The summed E-state index contributed by atoms with van der Waals surface area (Å²) in [5, 5.41) is 0. The van der Waals surface area contributed by atoms with Gasteiger partial charge in [0.15, 0.2) is 0 Å². The van der Waals surface area contributed by atoms with E-state index in [1.165, 1.54) is 11.9 Å². The van der Waals surface area contributed by atoms with Gasteiger partial charge in [0.05, 0.1) is 5.92 Å². The minimum Gasteiger partial charge on any atom is -0.320 e. The van der Waals surface area contributed by atoms with Crippen LogP contribution in [0.2, 0.25) is 0 Å². The van der Waals surface area contributed by atoms with Gasteiger partial charge in [-0.25, -0.2) is 0 Å². The molecule has 0 radical (unpaired) electrons. The fourth-order valence-corrected chi connectivity index (χ4v) is 1.25. The highest BCUT2D eigenvalue weighted by molar-refractivity contribution is 5.79. The number of hydrogen-bond donors (Lipinski definition) is 0. The minimum atomic E-state index is -4.29. The van der Waals surface area contributed by atoms with Gasteiger partial charge >= 0.3 is 6.18 Å². The SMILES string of the molecule is C=C1CC(C(F)(F)F)CC(=O)N1C. The molecule has 0 N–H and O–H groups in total. The zero-order valence-electron chi connectivity index (χ0n) is 7.19. The molecule has 0 saturated carbocycles. The fourth-order valence-electron chi connectivity index (χ4n) is 1.25. The Morgan fingerprint density at radius 3 is 2.38 bits per heavy atom. The van der Waals surface area contributed by atoms with Gasteiger partial charge in [-0.05, 0) is 6.42 Å². The number of halogens is 3. The molecule has 0 aromatic carbocycles. The molecule has 1 saturated heterocycles. The van der Waals surface area contributed by atoms with E-state index in [1.807, 2.05) is 0 Å². The van der Waals surface area contributed by atoms with Crippen molar-refractivity contribution >= 4 is 5.91 Å². The molecule has 1 fully saturated rings. The van der Waals surface area contributed by atoms with Crippen molar-refractivity contribution in [2.75, 3.05) is 7.05 Å². The molecular weight excluding hydrogens is 183 g/mol. The van der Waals surface area contributed by atoms with Crippen LogP contribution in [0.15, 0.2) is 12.3 Å². The van der Waals surface area contributed by atoms with Crippen LogP contribution in [0.25, 0.3) is 0 Å². The molecule has 0 bridgehead atoms. The van der Waals surface area contributed by atoms with Crippen molar-refractivity contribution < 1.29 is 18.0 Å². The predicted molar refractivity (Wildman–Crippen MR) is 40.7 cm³/mol. The third kappa shape index (κ3) is 2.02. The maximum atomic E-state index is 12.2. The van der Waals surface area contributed by atoms with E-state index >= 15 is 0 Å². The zero-order chi connectivity index (χ0) is 10.2. The summed E-state index contributed by atoms with van der Waals surface area (Å²) in [6, 6.07) is 0. The van der Waals surface area contributed by atoms with E-state index < -0.39 is 24.4 Å². The summed E-state index contributed by atoms with van der Waals surface area (Å²) in [4.78, 5) is 12.2. The van der Waals surface area contributed by atoms with Crippen LogP contribution < -0.4 is 0 Å². The number of likely N-dealkylation sites (tertiary alicyclic amines) is 1. The molecular formula is C8H10F3NO. The summed E-state index contributed by atoms with van der Waals surface area (Å²) in [7, 11) is 1.44. The number of hydrogen-bond acceptors (Lipinski definition) is 1. The topological polar surface area (TPSA) is 20.3 Å². The first kappa shape index (κ1) is 10.1. The number of carbonyl (C=O) groups excluding carboxylic acids is 1. The molecule has 0 spiro atoms. The van der Waals surface area contributed by atoms with Crippen molar-refractivity contribution in [2.45, 2.75) is 19.0 Å². The second-order valence-electron chi connectivity index (χ2n) is 3.17. The van der Waals surface area contributed by atoms with Gasteiger partial charge in [-0.1, -0.05) is 6.58 Å². The molecule has 1 rings (SSSR count). The smallest absolute Gasteiger partial charge is 0.320 e. The van der Waals surface area contributed by atoms with Crippen molar-refractivity contribution in [3.63, 3.8) is 0 Å². The van der Waals surface area contributed by atoms with E-state index in [1.54, 1.807) is 0 Å². The van der Waals surface area contributed by atoms with Crippen LogP contribution in [0, 0.1) is 5.92 Å². The van der Waals surface area contributed by atoms with Gasteiger partial charge in [0.2, 0.25) is 5.91 Å². The summed E-state index contributed by atoms with van der Waals surface area (Å²) in [5.41, 5.74) is 0.235. The number of rotatable bonds is 0. The fraction of sp³-hybridized carbons (Fsp3) is 0.625. The standard InChI is InChI=1S/C8H10F3NO/c1-5-3-6(8(9,10)11)4-7(13)12(5)2/h6H,1,3-4H2,2H3. The van der Waals surface area contributed by atoms with Gasteiger partial charge in [-0.15, -0.1) is 0 Å². The van der Waals surface area contributed by atoms with Crippen molar-refractivity contribution in [1.82, 2.24) is 4.90 Å². The summed E-state index contributed by atoms with van der Waals surface area (Å²) >= 11 is 0. The van der Waals surface area contributed by atoms with Crippen molar-refractivity contribution in [3.8, 4) is 0 Å². The van der Waals surface area contributed by atoms with Gasteiger partial charge in [0.25, 0.3) is 0 Å². The first-order valence-corrected chi connectivity index (χ1v) is 3.83. The Balaban J connectivity index is 2.75. The van der Waals surface area contributed by atoms with E-state index in [-0.39, 0.29) is 12.1 Å². The van der Waals surface area contributed by atoms with E-state index in [9.17, 15) is 18.0 Å². The summed E-state index contributed by atoms with van der Waals surface area (Å²) < 4.78 is 36.6. The zero-order valence-corrected chi connectivity index (χ0v) is 7.19. The van der Waals surface area contributed by atoms with Crippen LogP contribution >= 0.6 is 0 Å². The van der Waals surface area contributed by atoms with E-state index in [0.717, 1.165) is 0 Å². The number of amides is 1. The van der Waals surface area contributed by atoms with Crippen LogP contribution in [0.5, 0.6) is 0 Å². The van der Waals surface area contributed by atoms with Gasteiger partial charge in [0, 0.05) is 19.2 Å². The molecule has 5 heteroatoms. The Bertz CT molecular complexity index is 228. The van der Waals surface area contributed by atoms with Crippen molar-refractivity contribution in [1.29, 1.82) is 0 Å². The first-order valence-electron chi connectivity index (χ1n) is 3.83. The van der Waals surface area contributed by atoms with Crippen LogP contribution in [0.1, 0.15) is 12.8 Å². The number of alkyl halides is 3. The molecule has 13 heavy (non-hydrogen) atoms. The van der Waals surface area contributed by atoms with Crippen molar-refractivity contribution in [2.24, 2.45) is 5.92 Å². The molecule has 0 aliphatic carbocycles. The molecule has 74 valence electrons. The van der Waals surface area contributed by atoms with Crippen molar-refractivity contribution in [3.05, 3.63) is 12.3 Å². The molecule has 1 aliphatic rings. The Labute approximate surface area is 74.0 Å². The largest absolute Gasteiger partial charge is 0.392 e. The number of allylic oxidation sites excluding steroid dienone is 1. The molecule has 1 aliphatic heterocycles. The highest BCUT2D eigenvalue weighted by atomic mass is 19.4. The third-order valence-electron chi connectivity index (χ3n) is 2.21. The average Bonchev–Trinajstić information content (AvgIpc) is 1.97. The van der Waals surface area contributed by atoms with E-state index in [2.05, 4.69) is 6.58 Å². The molecule has 0 aromatic rings. The Kier molecular flexibility index (Phi) is 2.36. The number of carbonyl (C=O) groups is 1. The molecule has 0 aromatic heterocycles. The number of nitrogens with zero attached hydrogens (tertiary/aromatic N) is 1. The second-order valence-corrected chi connectivity index (χ2v) is 3.17. The Morgan fingerprint density at radius 2 is 2.00 bits per heavy atom. The number of piperidine rings is 1. The van der Waals surface area contributed by atoms with Gasteiger partial charge < -0.3 is 4.90 Å². The van der Waals surface area contributed by atoms with Gasteiger partial charge in [-0.3, -0.25) is 4.79 Å². The lowest BCUT2D eigenvalue weighted by Gasteiger charge is -2.31. The molecule has 1 amide bonds. The normalized spacial score (nSPS) is 25.2.